The summed E-state index contributed by atoms with van der Waals surface area (Å²) in [5, 5.41) is 4.32. The highest BCUT2D eigenvalue weighted by atomic mass is 127. The lowest BCUT2D eigenvalue weighted by Crippen LogP contribution is -2.05. The lowest BCUT2D eigenvalue weighted by molar-refractivity contribution is 0.464. The van der Waals surface area contributed by atoms with Gasteiger partial charge in [-0.25, -0.2) is 4.68 Å². The Bertz CT molecular complexity index is 492. The van der Waals surface area contributed by atoms with Crippen molar-refractivity contribution >= 4 is 44.3 Å². The van der Waals surface area contributed by atoms with E-state index in [2.05, 4.69) is 43.6 Å². The van der Waals surface area contributed by atoms with Crippen LogP contribution in [-0.2, 0) is 6.54 Å². The zero-order chi connectivity index (χ0) is 11.0. The fourth-order valence-electron chi connectivity index (χ4n) is 1.28. The Morgan fingerprint density at radius 2 is 2.33 bits per heavy atom. The maximum absolute atomic E-state index is 5.90. The SMILES string of the molecule is Cc1nn(Cc2ccc(Br)o2)c(N)c1I. The third-order valence-electron chi connectivity index (χ3n) is 2.03. The quantitative estimate of drug-likeness (QED) is 0.814. The Kier molecular flexibility index (Phi) is 3.06. The van der Waals surface area contributed by atoms with Crippen molar-refractivity contribution in [1.82, 2.24) is 9.78 Å². The molecule has 0 aliphatic carbocycles. The summed E-state index contributed by atoms with van der Waals surface area (Å²) in [5.41, 5.74) is 6.84. The fourth-order valence-corrected chi connectivity index (χ4v) is 2.01. The van der Waals surface area contributed by atoms with Gasteiger partial charge in [-0.2, -0.15) is 5.10 Å². The Morgan fingerprint density at radius 1 is 1.60 bits per heavy atom. The van der Waals surface area contributed by atoms with Gasteiger partial charge in [0.2, 0.25) is 0 Å². The Balaban J connectivity index is 2.28. The summed E-state index contributed by atoms with van der Waals surface area (Å²) in [5.74, 6) is 1.51. The molecule has 0 bridgehead atoms. The molecule has 0 saturated heterocycles. The van der Waals surface area contributed by atoms with E-state index in [1.165, 1.54) is 0 Å². The van der Waals surface area contributed by atoms with Crippen LogP contribution >= 0.6 is 38.5 Å². The van der Waals surface area contributed by atoms with Crippen LogP contribution in [0.15, 0.2) is 21.2 Å². The number of furan rings is 1. The first-order chi connectivity index (χ1) is 7.08. The second-order valence-corrected chi connectivity index (χ2v) is 5.01. The molecule has 2 aromatic heterocycles. The van der Waals surface area contributed by atoms with Crippen molar-refractivity contribution in [2.75, 3.05) is 5.73 Å². The number of aryl methyl sites for hydroxylation is 1. The second-order valence-electron chi connectivity index (χ2n) is 3.15. The third kappa shape index (κ3) is 2.20. The van der Waals surface area contributed by atoms with E-state index in [-0.39, 0.29) is 0 Å². The standard InChI is InChI=1S/C9H9BrIN3O/c1-5-8(11)9(12)14(13-5)4-6-2-3-7(10)15-6/h2-3H,4,12H2,1H3. The van der Waals surface area contributed by atoms with E-state index in [9.17, 15) is 0 Å². The molecule has 0 aromatic carbocycles. The zero-order valence-electron chi connectivity index (χ0n) is 8.00. The van der Waals surface area contributed by atoms with E-state index in [4.69, 9.17) is 10.2 Å². The van der Waals surface area contributed by atoms with Crippen LogP contribution in [0.1, 0.15) is 11.5 Å². The van der Waals surface area contributed by atoms with E-state index in [1.807, 2.05) is 19.1 Å². The Labute approximate surface area is 109 Å². The van der Waals surface area contributed by atoms with Gasteiger partial charge in [0.05, 0.1) is 9.26 Å². The van der Waals surface area contributed by atoms with Gasteiger partial charge in [0.15, 0.2) is 4.67 Å². The minimum Gasteiger partial charge on any atom is -0.452 e. The van der Waals surface area contributed by atoms with Crippen LogP contribution in [0, 0.1) is 10.5 Å². The summed E-state index contributed by atoms with van der Waals surface area (Å²) in [6.07, 6.45) is 0. The van der Waals surface area contributed by atoms with Crippen molar-refractivity contribution in [2.45, 2.75) is 13.5 Å². The van der Waals surface area contributed by atoms with E-state index >= 15 is 0 Å². The lowest BCUT2D eigenvalue weighted by Gasteiger charge is -2.00. The van der Waals surface area contributed by atoms with Gasteiger partial charge >= 0.3 is 0 Å². The molecule has 2 N–H and O–H groups in total. The number of aromatic nitrogens is 2. The van der Waals surface area contributed by atoms with Gasteiger partial charge in [-0.15, -0.1) is 0 Å². The van der Waals surface area contributed by atoms with Crippen molar-refractivity contribution in [3.05, 3.63) is 31.8 Å². The second kappa shape index (κ2) is 4.17. The van der Waals surface area contributed by atoms with Crippen molar-refractivity contribution in [1.29, 1.82) is 0 Å². The molecule has 2 rings (SSSR count). The zero-order valence-corrected chi connectivity index (χ0v) is 11.7. The maximum atomic E-state index is 5.90. The monoisotopic (exact) mass is 381 g/mol. The predicted octanol–water partition coefficient (Wildman–Crippen LogP) is 2.78. The number of nitrogen functional groups attached to an aromatic ring is 1. The summed E-state index contributed by atoms with van der Waals surface area (Å²) in [6, 6.07) is 3.75. The van der Waals surface area contributed by atoms with Crippen molar-refractivity contribution < 1.29 is 4.42 Å². The van der Waals surface area contributed by atoms with Gasteiger partial charge in [-0.1, -0.05) is 0 Å². The number of anilines is 1. The molecule has 0 amide bonds. The van der Waals surface area contributed by atoms with E-state index in [1.54, 1.807) is 4.68 Å². The number of hydrogen-bond acceptors (Lipinski definition) is 3. The first-order valence-corrected chi connectivity index (χ1v) is 6.17. The molecule has 0 saturated carbocycles. The number of hydrogen-bond donors (Lipinski definition) is 1. The van der Waals surface area contributed by atoms with Crippen molar-refractivity contribution in [3.8, 4) is 0 Å². The van der Waals surface area contributed by atoms with Crippen LogP contribution < -0.4 is 5.73 Å². The molecule has 15 heavy (non-hydrogen) atoms. The van der Waals surface area contributed by atoms with E-state index in [0.717, 1.165) is 19.7 Å². The molecule has 0 fully saturated rings. The van der Waals surface area contributed by atoms with Gasteiger partial charge in [0, 0.05) is 0 Å². The van der Waals surface area contributed by atoms with Crippen LogP contribution in [0.3, 0.4) is 0 Å². The molecule has 0 aliphatic heterocycles. The van der Waals surface area contributed by atoms with Crippen molar-refractivity contribution in [2.24, 2.45) is 0 Å². The molecule has 0 aliphatic rings. The minimum absolute atomic E-state index is 0.557. The van der Waals surface area contributed by atoms with Gasteiger partial charge in [0.1, 0.15) is 18.1 Å². The molecule has 0 radical (unpaired) electrons. The molecular formula is C9H9BrIN3O. The molecule has 6 heteroatoms. The summed E-state index contributed by atoms with van der Waals surface area (Å²) in [7, 11) is 0. The largest absolute Gasteiger partial charge is 0.452 e. The highest BCUT2D eigenvalue weighted by Gasteiger charge is 2.11. The molecule has 0 unspecified atom stereocenters. The van der Waals surface area contributed by atoms with Crippen molar-refractivity contribution in [3.63, 3.8) is 0 Å². The van der Waals surface area contributed by atoms with Crippen LogP contribution in [-0.4, -0.2) is 9.78 Å². The summed E-state index contributed by atoms with van der Waals surface area (Å²) >= 11 is 5.44. The average molecular weight is 382 g/mol. The van der Waals surface area contributed by atoms with Gasteiger partial charge < -0.3 is 10.2 Å². The van der Waals surface area contributed by atoms with Gasteiger partial charge in [0.25, 0.3) is 0 Å². The Morgan fingerprint density at radius 3 is 2.80 bits per heavy atom. The molecule has 0 spiro atoms. The van der Waals surface area contributed by atoms with Crippen LogP contribution in [0.5, 0.6) is 0 Å². The number of nitrogens with zero attached hydrogens (tertiary/aromatic N) is 2. The maximum Gasteiger partial charge on any atom is 0.169 e. The highest BCUT2D eigenvalue weighted by Crippen LogP contribution is 2.21. The fraction of sp³-hybridized carbons (Fsp3) is 0.222. The Hall–Kier alpha value is -0.500. The molecule has 2 aromatic rings. The third-order valence-corrected chi connectivity index (χ3v) is 3.79. The predicted molar refractivity (Wildman–Crippen MR) is 69.6 cm³/mol. The molecule has 0 atom stereocenters. The topological polar surface area (TPSA) is 57.0 Å². The minimum atomic E-state index is 0.557. The van der Waals surface area contributed by atoms with E-state index < -0.39 is 0 Å². The van der Waals surface area contributed by atoms with E-state index in [0.29, 0.717) is 12.4 Å². The molecular weight excluding hydrogens is 373 g/mol. The van der Waals surface area contributed by atoms with Gasteiger partial charge in [-0.05, 0) is 57.6 Å². The summed E-state index contributed by atoms with van der Waals surface area (Å²) in [4.78, 5) is 0. The van der Waals surface area contributed by atoms with Crippen LogP contribution in [0.4, 0.5) is 5.82 Å². The summed E-state index contributed by atoms with van der Waals surface area (Å²) < 4.78 is 8.84. The van der Waals surface area contributed by atoms with Crippen LogP contribution in [0.2, 0.25) is 0 Å². The number of nitrogens with two attached hydrogens (primary N) is 1. The highest BCUT2D eigenvalue weighted by molar-refractivity contribution is 14.1. The van der Waals surface area contributed by atoms with Gasteiger partial charge in [-0.3, -0.25) is 0 Å². The number of rotatable bonds is 2. The smallest absolute Gasteiger partial charge is 0.169 e. The normalized spacial score (nSPS) is 10.9. The lowest BCUT2D eigenvalue weighted by atomic mass is 10.4. The first kappa shape index (κ1) is 11.0. The number of halogens is 2. The first-order valence-electron chi connectivity index (χ1n) is 4.30. The average Bonchev–Trinajstić information content (AvgIpc) is 2.68. The molecule has 4 nitrogen and oxygen atoms in total. The molecule has 2 heterocycles. The van der Waals surface area contributed by atoms with Crippen LogP contribution in [0.25, 0.3) is 0 Å². The molecule has 80 valence electrons. The summed E-state index contributed by atoms with van der Waals surface area (Å²) in [6.45, 7) is 2.49.